The Morgan fingerprint density at radius 3 is 2.50 bits per heavy atom. The van der Waals surface area contributed by atoms with E-state index in [9.17, 15) is 18.5 Å². The quantitative estimate of drug-likeness (QED) is 0.368. The fourth-order valence-corrected chi connectivity index (χ4v) is 4.36. The Labute approximate surface area is 175 Å². The molecule has 0 radical (unpaired) electrons. The highest BCUT2D eigenvalue weighted by molar-refractivity contribution is 7.92. The minimum Gasteiger partial charge on any atom is -0.280 e. The average Bonchev–Trinajstić information content (AvgIpc) is 3.08. The summed E-state index contributed by atoms with van der Waals surface area (Å²) in [5.41, 5.74) is 1.92. The zero-order valence-corrected chi connectivity index (χ0v) is 16.9. The van der Waals surface area contributed by atoms with Gasteiger partial charge in [-0.25, -0.2) is 8.42 Å². The lowest BCUT2D eigenvalue weighted by Gasteiger charge is -2.10. The first-order valence-corrected chi connectivity index (χ1v) is 10.4. The van der Waals surface area contributed by atoms with Crippen LogP contribution in [-0.4, -0.2) is 33.2 Å². The van der Waals surface area contributed by atoms with Gasteiger partial charge in [0.2, 0.25) is 0 Å². The smallest absolute Gasteiger partial charge is 0.270 e. The first kappa shape index (κ1) is 19.7. The van der Waals surface area contributed by atoms with Crippen molar-refractivity contribution < 1.29 is 13.3 Å². The number of benzene rings is 2. The van der Waals surface area contributed by atoms with Crippen molar-refractivity contribution in [2.24, 2.45) is 0 Å². The molecule has 0 saturated carbocycles. The summed E-state index contributed by atoms with van der Waals surface area (Å²) in [5.74, 6) is 0.644. The van der Waals surface area contributed by atoms with Gasteiger partial charge in [0.1, 0.15) is 4.90 Å². The molecule has 0 spiro atoms. The number of halogens is 1. The van der Waals surface area contributed by atoms with Crippen molar-refractivity contribution in [1.82, 2.24) is 19.8 Å². The van der Waals surface area contributed by atoms with E-state index in [4.69, 9.17) is 11.6 Å². The van der Waals surface area contributed by atoms with Crippen LogP contribution in [0.4, 0.5) is 11.4 Å². The van der Waals surface area contributed by atoms with Gasteiger partial charge in [-0.3, -0.25) is 14.8 Å². The molecule has 4 aromatic rings. The van der Waals surface area contributed by atoms with Crippen molar-refractivity contribution in [3.8, 4) is 11.3 Å². The van der Waals surface area contributed by atoms with Gasteiger partial charge in [0, 0.05) is 23.4 Å². The Balaban J connectivity index is 1.62. The maximum absolute atomic E-state index is 12.7. The molecule has 0 aliphatic rings. The molecule has 0 aliphatic carbocycles. The molecule has 2 aromatic heterocycles. The lowest BCUT2D eigenvalue weighted by atomic mass is 10.1. The first-order valence-electron chi connectivity index (χ1n) is 8.51. The Kier molecular flexibility index (Phi) is 4.84. The summed E-state index contributed by atoms with van der Waals surface area (Å²) in [5, 5.41) is 23.2. The molecule has 30 heavy (non-hydrogen) atoms. The molecule has 1 N–H and O–H groups in total. The second kappa shape index (κ2) is 7.35. The highest BCUT2D eigenvalue weighted by Gasteiger charge is 2.22. The Hall–Kier alpha value is -3.57. The van der Waals surface area contributed by atoms with E-state index < -0.39 is 14.9 Å². The van der Waals surface area contributed by atoms with Crippen LogP contribution in [0.25, 0.3) is 16.9 Å². The molecule has 2 aromatic carbocycles. The molecule has 0 bridgehead atoms. The van der Waals surface area contributed by atoms with Crippen molar-refractivity contribution in [3.63, 3.8) is 0 Å². The zero-order valence-electron chi connectivity index (χ0n) is 15.4. The van der Waals surface area contributed by atoms with E-state index in [1.54, 1.807) is 47.8 Å². The van der Waals surface area contributed by atoms with Crippen LogP contribution in [0, 0.1) is 17.0 Å². The summed E-state index contributed by atoms with van der Waals surface area (Å²) in [4.78, 5) is 9.87. The number of rotatable bonds is 5. The predicted octanol–water partition coefficient (Wildman–Crippen LogP) is 3.46. The molecule has 0 aliphatic heterocycles. The van der Waals surface area contributed by atoms with Gasteiger partial charge in [-0.15, -0.1) is 10.2 Å². The standard InChI is InChI=1S/C18H13ClN6O4S/c1-11-20-21-18-9-8-16(22-24(11)18)12-2-4-13(5-3-12)23-30(28,29)17-10-14(25(26)27)6-7-15(17)19/h2-10,23H,1H3. The lowest BCUT2D eigenvalue weighted by Crippen LogP contribution is -2.13. The summed E-state index contributed by atoms with van der Waals surface area (Å²) >= 11 is 5.95. The number of fused-ring (bicyclic) bond motifs is 1. The molecule has 4 rings (SSSR count). The summed E-state index contributed by atoms with van der Waals surface area (Å²) in [6.07, 6.45) is 0. The molecule has 12 heteroatoms. The van der Waals surface area contributed by atoms with Crippen LogP contribution >= 0.6 is 11.6 Å². The number of aryl methyl sites for hydroxylation is 1. The van der Waals surface area contributed by atoms with E-state index in [0.717, 1.165) is 17.7 Å². The molecule has 0 atom stereocenters. The molecular weight excluding hydrogens is 432 g/mol. The van der Waals surface area contributed by atoms with Crippen LogP contribution < -0.4 is 4.72 Å². The molecule has 0 saturated heterocycles. The van der Waals surface area contributed by atoms with Gasteiger partial charge in [0.05, 0.1) is 15.6 Å². The number of nitrogens with zero attached hydrogens (tertiary/aromatic N) is 5. The van der Waals surface area contributed by atoms with Crippen LogP contribution in [-0.2, 0) is 10.0 Å². The Morgan fingerprint density at radius 1 is 1.07 bits per heavy atom. The highest BCUT2D eigenvalue weighted by Crippen LogP contribution is 2.28. The van der Waals surface area contributed by atoms with E-state index in [-0.39, 0.29) is 21.3 Å². The molecule has 0 amide bonds. The van der Waals surface area contributed by atoms with Gasteiger partial charge in [-0.1, -0.05) is 23.7 Å². The van der Waals surface area contributed by atoms with Crippen LogP contribution in [0.15, 0.2) is 59.5 Å². The predicted molar refractivity (Wildman–Crippen MR) is 110 cm³/mol. The van der Waals surface area contributed by atoms with E-state index in [0.29, 0.717) is 17.2 Å². The summed E-state index contributed by atoms with van der Waals surface area (Å²) < 4.78 is 29.3. The largest absolute Gasteiger partial charge is 0.280 e. The fourth-order valence-electron chi connectivity index (χ4n) is 2.78. The minimum atomic E-state index is -4.13. The van der Waals surface area contributed by atoms with Gasteiger partial charge in [-0.2, -0.15) is 9.61 Å². The van der Waals surface area contributed by atoms with Crippen LogP contribution in [0.2, 0.25) is 5.02 Å². The Bertz CT molecular complexity index is 1390. The third-order valence-corrected chi connectivity index (χ3v) is 6.13. The van der Waals surface area contributed by atoms with Crippen LogP contribution in [0.1, 0.15) is 5.82 Å². The number of hydrogen-bond donors (Lipinski definition) is 1. The second-order valence-corrected chi connectivity index (χ2v) is 8.35. The molecular formula is C18H13ClN6O4S. The molecule has 0 unspecified atom stereocenters. The molecule has 0 fully saturated rings. The number of nitro benzene ring substituents is 1. The molecule has 10 nitrogen and oxygen atoms in total. The van der Waals surface area contributed by atoms with Gasteiger partial charge in [0.25, 0.3) is 15.7 Å². The van der Waals surface area contributed by atoms with Crippen molar-refractivity contribution in [3.05, 3.63) is 75.6 Å². The number of sulfonamides is 1. The first-order chi connectivity index (χ1) is 14.2. The number of non-ortho nitro benzene ring substituents is 1. The maximum Gasteiger partial charge on any atom is 0.270 e. The van der Waals surface area contributed by atoms with Crippen molar-refractivity contribution in [1.29, 1.82) is 0 Å². The number of aromatic nitrogens is 4. The van der Waals surface area contributed by atoms with Crippen LogP contribution in [0.5, 0.6) is 0 Å². The number of hydrogen-bond acceptors (Lipinski definition) is 7. The van der Waals surface area contributed by atoms with Gasteiger partial charge < -0.3 is 0 Å². The van der Waals surface area contributed by atoms with Crippen molar-refractivity contribution >= 4 is 38.6 Å². The van der Waals surface area contributed by atoms with Gasteiger partial charge in [-0.05, 0) is 37.3 Å². The number of nitro groups is 1. The van der Waals surface area contributed by atoms with Gasteiger partial charge >= 0.3 is 0 Å². The zero-order chi connectivity index (χ0) is 21.5. The van der Waals surface area contributed by atoms with E-state index >= 15 is 0 Å². The normalized spacial score (nSPS) is 11.5. The summed E-state index contributed by atoms with van der Waals surface area (Å²) in [6, 6.07) is 13.3. The van der Waals surface area contributed by atoms with E-state index in [2.05, 4.69) is 20.0 Å². The van der Waals surface area contributed by atoms with Crippen LogP contribution in [0.3, 0.4) is 0 Å². The highest BCUT2D eigenvalue weighted by atomic mass is 35.5. The second-order valence-electron chi connectivity index (χ2n) is 6.29. The Morgan fingerprint density at radius 2 is 1.80 bits per heavy atom. The number of anilines is 1. The summed E-state index contributed by atoms with van der Waals surface area (Å²) in [6.45, 7) is 1.79. The molecule has 2 heterocycles. The number of nitrogens with one attached hydrogen (secondary N) is 1. The monoisotopic (exact) mass is 444 g/mol. The lowest BCUT2D eigenvalue weighted by molar-refractivity contribution is -0.385. The maximum atomic E-state index is 12.7. The third kappa shape index (κ3) is 3.67. The average molecular weight is 445 g/mol. The van der Waals surface area contributed by atoms with Gasteiger partial charge in [0.15, 0.2) is 11.5 Å². The fraction of sp³-hybridized carbons (Fsp3) is 0.0556. The third-order valence-electron chi connectivity index (χ3n) is 4.27. The van der Waals surface area contributed by atoms with Crippen molar-refractivity contribution in [2.75, 3.05) is 4.72 Å². The molecule has 152 valence electrons. The van der Waals surface area contributed by atoms with E-state index in [1.807, 2.05) is 0 Å². The topological polar surface area (TPSA) is 132 Å². The summed E-state index contributed by atoms with van der Waals surface area (Å²) in [7, 11) is -4.13. The van der Waals surface area contributed by atoms with Crippen molar-refractivity contribution in [2.45, 2.75) is 11.8 Å². The SMILES string of the molecule is Cc1nnc2ccc(-c3ccc(NS(=O)(=O)c4cc([N+](=O)[O-])ccc4Cl)cc3)nn12. The minimum absolute atomic E-state index is 0.119. The van der Waals surface area contributed by atoms with E-state index in [1.165, 1.54) is 6.07 Å².